The van der Waals surface area contributed by atoms with Gasteiger partial charge in [0.2, 0.25) is 5.91 Å². The largest absolute Gasteiger partial charge is 0.347 e. The normalized spacial score (nSPS) is 15.5. The van der Waals surface area contributed by atoms with Crippen molar-refractivity contribution in [2.75, 3.05) is 32.7 Å². The van der Waals surface area contributed by atoms with Crippen LogP contribution in [-0.2, 0) is 11.3 Å². The Morgan fingerprint density at radius 1 is 0.946 bits per heavy atom. The minimum absolute atomic E-state index is 0.127. The number of carbonyl (C=O) groups excluding carboxylic acids is 1. The van der Waals surface area contributed by atoms with Crippen molar-refractivity contribution in [2.24, 2.45) is 0 Å². The third-order valence-corrected chi connectivity index (χ3v) is 7.36. The molecule has 0 radical (unpaired) electrons. The van der Waals surface area contributed by atoms with Crippen LogP contribution in [0.4, 0.5) is 4.39 Å². The highest BCUT2D eigenvalue weighted by atomic mass is 19.1. The maximum absolute atomic E-state index is 14.3. The van der Waals surface area contributed by atoms with Crippen LogP contribution in [0.3, 0.4) is 0 Å². The van der Waals surface area contributed by atoms with Crippen LogP contribution in [0.5, 0.6) is 0 Å². The number of hydrogen-bond donors (Lipinski definition) is 0. The van der Waals surface area contributed by atoms with Crippen LogP contribution in [0, 0.1) is 5.82 Å². The summed E-state index contributed by atoms with van der Waals surface area (Å²) in [4.78, 5) is 17.9. The first-order chi connectivity index (χ1) is 18.1. The number of piperazine rings is 1. The molecule has 1 atom stereocenters. The number of rotatable bonds is 8. The summed E-state index contributed by atoms with van der Waals surface area (Å²) in [6, 6.07) is 25.3. The smallest absolute Gasteiger partial charge is 0.223 e. The molecule has 1 fully saturated rings. The standard InChI is InChI=1S/C32H34FN3O/c1-2-35-24-30(28-15-6-7-16-31(28)35)29(26-13-8-14-27(33)22-26)23-32(37)36-20-18-34(19-21-36)17-9-12-25-10-4-3-5-11-25/h3-16,22,24,29H,2,17-21,23H2,1H3/b12-9+. The zero-order valence-corrected chi connectivity index (χ0v) is 21.4. The van der Waals surface area contributed by atoms with Crippen molar-refractivity contribution in [3.8, 4) is 0 Å². The summed E-state index contributed by atoms with van der Waals surface area (Å²) in [7, 11) is 0. The molecule has 1 aliphatic heterocycles. The summed E-state index contributed by atoms with van der Waals surface area (Å²) in [5.74, 6) is -0.346. The van der Waals surface area contributed by atoms with Crippen LogP contribution < -0.4 is 0 Å². The van der Waals surface area contributed by atoms with Gasteiger partial charge in [0.1, 0.15) is 5.82 Å². The number of benzene rings is 3. The molecule has 0 N–H and O–H groups in total. The number of nitrogens with zero attached hydrogens (tertiary/aromatic N) is 3. The molecule has 0 bridgehead atoms. The Morgan fingerprint density at radius 2 is 1.70 bits per heavy atom. The van der Waals surface area contributed by atoms with E-state index in [-0.39, 0.29) is 17.6 Å². The number of aromatic nitrogens is 1. The average Bonchev–Trinajstić information content (AvgIpc) is 3.31. The molecule has 3 aromatic carbocycles. The van der Waals surface area contributed by atoms with Gasteiger partial charge >= 0.3 is 0 Å². The lowest BCUT2D eigenvalue weighted by Gasteiger charge is -2.35. The van der Waals surface area contributed by atoms with Gasteiger partial charge in [0.05, 0.1) is 0 Å². The minimum atomic E-state index is -0.272. The van der Waals surface area contributed by atoms with Crippen molar-refractivity contribution in [2.45, 2.75) is 25.8 Å². The molecule has 0 spiro atoms. The van der Waals surface area contributed by atoms with Gasteiger partial charge in [-0.25, -0.2) is 4.39 Å². The summed E-state index contributed by atoms with van der Waals surface area (Å²) in [6.45, 7) is 6.96. The third kappa shape index (κ3) is 5.83. The topological polar surface area (TPSA) is 28.5 Å². The Labute approximate surface area is 218 Å². The van der Waals surface area contributed by atoms with Crippen molar-refractivity contribution in [3.63, 3.8) is 0 Å². The highest BCUT2D eigenvalue weighted by molar-refractivity contribution is 5.86. The van der Waals surface area contributed by atoms with Crippen molar-refractivity contribution in [1.29, 1.82) is 0 Å². The molecule has 5 rings (SSSR count). The molecule has 1 aromatic heterocycles. The van der Waals surface area contributed by atoms with Gasteiger partial charge in [-0.1, -0.05) is 72.8 Å². The van der Waals surface area contributed by atoms with Gasteiger partial charge in [-0.3, -0.25) is 9.69 Å². The summed E-state index contributed by atoms with van der Waals surface area (Å²) in [5, 5.41) is 1.13. The van der Waals surface area contributed by atoms with E-state index in [0.29, 0.717) is 19.5 Å². The minimum Gasteiger partial charge on any atom is -0.347 e. The second-order valence-corrected chi connectivity index (χ2v) is 9.69. The first-order valence-corrected chi connectivity index (χ1v) is 13.2. The third-order valence-electron chi connectivity index (χ3n) is 7.36. The van der Waals surface area contributed by atoms with Crippen LogP contribution in [0.1, 0.15) is 36.0 Å². The molecule has 4 aromatic rings. The second-order valence-electron chi connectivity index (χ2n) is 9.69. The van der Waals surface area contributed by atoms with E-state index in [1.807, 2.05) is 41.3 Å². The predicted molar refractivity (Wildman–Crippen MR) is 149 cm³/mol. The predicted octanol–water partition coefficient (Wildman–Crippen LogP) is 6.18. The number of para-hydroxylation sites is 1. The average molecular weight is 496 g/mol. The zero-order chi connectivity index (χ0) is 25.6. The quantitative estimate of drug-likeness (QED) is 0.292. The monoisotopic (exact) mass is 495 g/mol. The highest BCUT2D eigenvalue weighted by Gasteiger charge is 2.27. The van der Waals surface area contributed by atoms with Gasteiger partial charge in [-0.05, 0) is 41.8 Å². The van der Waals surface area contributed by atoms with Crippen molar-refractivity contribution >= 4 is 22.9 Å². The first-order valence-electron chi connectivity index (χ1n) is 13.2. The molecule has 190 valence electrons. The van der Waals surface area contributed by atoms with Gasteiger partial charge in [0, 0.05) is 68.7 Å². The molecule has 0 saturated carbocycles. The maximum atomic E-state index is 14.3. The van der Waals surface area contributed by atoms with Crippen molar-refractivity contribution in [3.05, 3.63) is 114 Å². The van der Waals surface area contributed by atoms with Crippen molar-refractivity contribution < 1.29 is 9.18 Å². The Balaban J connectivity index is 1.30. The lowest BCUT2D eigenvalue weighted by atomic mass is 9.87. The number of aryl methyl sites for hydroxylation is 1. The zero-order valence-electron chi connectivity index (χ0n) is 21.4. The fourth-order valence-electron chi connectivity index (χ4n) is 5.33. The second kappa shape index (κ2) is 11.6. The summed E-state index contributed by atoms with van der Waals surface area (Å²) >= 11 is 0. The van der Waals surface area contributed by atoms with Gasteiger partial charge in [0.25, 0.3) is 0 Å². The highest BCUT2D eigenvalue weighted by Crippen LogP contribution is 2.35. The molecular weight excluding hydrogens is 461 g/mol. The van der Waals surface area contributed by atoms with Gasteiger partial charge < -0.3 is 9.47 Å². The molecule has 1 aliphatic rings. The van der Waals surface area contributed by atoms with E-state index in [1.165, 1.54) is 11.6 Å². The summed E-state index contributed by atoms with van der Waals surface area (Å²) in [5.41, 5.74) is 4.27. The van der Waals surface area contributed by atoms with Gasteiger partial charge in [0.15, 0.2) is 0 Å². The molecule has 1 unspecified atom stereocenters. The number of carbonyl (C=O) groups is 1. The van der Waals surface area contributed by atoms with Crippen LogP contribution in [0.15, 0.2) is 91.1 Å². The van der Waals surface area contributed by atoms with E-state index < -0.39 is 0 Å². The van der Waals surface area contributed by atoms with E-state index in [9.17, 15) is 9.18 Å². The molecule has 0 aliphatic carbocycles. The number of halogens is 1. The van der Waals surface area contributed by atoms with E-state index in [1.54, 1.807) is 12.1 Å². The molecule has 37 heavy (non-hydrogen) atoms. The van der Waals surface area contributed by atoms with Crippen molar-refractivity contribution in [1.82, 2.24) is 14.4 Å². The molecule has 1 saturated heterocycles. The molecule has 2 heterocycles. The Hall–Kier alpha value is -3.70. The van der Waals surface area contributed by atoms with E-state index in [2.05, 4.69) is 59.0 Å². The SMILES string of the molecule is CCn1cc(C(CC(=O)N2CCN(C/C=C/c3ccccc3)CC2)c2cccc(F)c2)c2ccccc21. The first kappa shape index (κ1) is 25.0. The fraction of sp³-hybridized carbons (Fsp3) is 0.281. The van der Waals surface area contributed by atoms with Gasteiger partial charge in [-0.2, -0.15) is 0 Å². The number of hydrogen-bond acceptors (Lipinski definition) is 2. The van der Waals surface area contributed by atoms with E-state index in [0.717, 1.165) is 48.2 Å². The van der Waals surface area contributed by atoms with Crippen LogP contribution in [0.25, 0.3) is 17.0 Å². The summed E-state index contributed by atoms with van der Waals surface area (Å²) in [6.07, 6.45) is 6.81. The lowest BCUT2D eigenvalue weighted by Crippen LogP contribution is -2.48. The van der Waals surface area contributed by atoms with Gasteiger partial charge in [-0.15, -0.1) is 0 Å². The lowest BCUT2D eigenvalue weighted by molar-refractivity contribution is -0.133. The van der Waals surface area contributed by atoms with Crippen LogP contribution >= 0.6 is 0 Å². The van der Waals surface area contributed by atoms with E-state index in [4.69, 9.17) is 0 Å². The molecule has 1 amide bonds. The Morgan fingerprint density at radius 3 is 2.46 bits per heavy atom. The number of fused-ring (bicyclic) bond motifs is 1. The molecule has 4 nitrogen and oxygen atoms in total. The Kier molecular flexibility index (Phi) is 7.81. The maximum Gasteiger partial charge on any atom is 0.223 e. The molecular formula is C32H34FN3O. The van der Waals surface area contributed by atoms with Crippen LogP contribution in [-0.4, -0.2) is 53.0 Å². The Bertz CT molecular complexity index is 1370. The summed E-state index contributed by atoms with van der Waals surface area (Å²) < 4.78 is 16.5. The van der Waals surface area contributed by atoms with E-state index >= 15 is 0 Å². The molecule has 5 heteroatoms. The fourth-order valence-corrected chi connectivity index (χ4v) is 5.33. The van der Waals surface area contributed by atoms with Crippen LogP contribution in [0.2, 0.25) is 0 Å². The number of amides is 1.